The molecule has 0 atom stereocenters. The quantitative estimate of drug-likeness (QED) is 0.798. The third kappa shape index (κ3) is 3.30. The van der Waals surface area contributed by atoms with E-state index < -0.39 is 0 Å². The topological polar surface area (TPSA) is 92.3 Å². The molecule has 2 aromatic heterocycles. The van der Waals surface area contributed by atoms with Crippen LogP contribution in [0.1, 0.15) is 10.5 Å². The van der Waals surface area contributed by atoms with Crippen LogP contribution in [-0.4, -0.2) is 84.3 Å². The fraction of sp³-hybridized carbons (Fsp3) is 0.471. The van der Waals surface area contributed by atoms with Gasteiger partial charge >= 0.3 is 6.03 Å². The summed E-state index contributed by atoms with van der Waals surface area (Å²) in [5.41, 5.74) is 0.240. The lowest BCUT2D eigenvalue weighted by atomic mass is 10.2. The van der Waals surface area contributed by atoms with Gasteiger partial charge in [-0.2, -0.15) is 0 Å². The standard InChI is InChI=1S/C17H20N4O5/c22-16(13-12-15(26-18-13)14-2-1-9-25-14)19-3-5-20(6-4-19)17(23)21-7-10-24-11-8-21/h1-2,9,12H,3-8,10-11H2. The molecule has 0 aromatic carbocycles. The largest absolute Gasteiger partial charge is 0.461 e. The summed E-state index contributed by atoms with van der Waals surface area (Å²) in [4.78, 5) is 30.4. The maximum Gasteiger partial charge on any atom is 0.320 e. The van der Waals surface area contributed by atoms with E-state index in [2.05, 4.69) is 5.16 Å². The molecule has 0 radical (unpaired) electrons. The summed E-state index contributed by atoms with van der Waals surface area (Å²) in [6.45, 7) is 4.34. The second-order valence-electron chi connectivity index (χ2n) is 6.21. The molecule has 2 saturated heterocycles. The Balaban J connectivity index is 1.34. The first kappa shape index (κ1) is 16.6. The number of aromatic nitrogens is 1. The van der Waals surface area contributed by atoms with Crippen LogP contribution >= 0.6 is 0 Å². The van der Waals surface area contributed by atoms with Gasteiger partial charge in [0.2, 0.25) is 5.76 Å². The van der Waals surface area contributed by atoms with E-state index in [-0.39, 0.29) is 17.6 Å². The molecule has 26 heavy (non-hydrogen) atoms. The van der Waals surface area contributed by atoms with Gasteiger partial charge in [0.15, 0.2) is 11.5 Å². The second kappa shape index (κ2) is 7.20. The van der Waals surface area contributed by atoms with Gasteiger partial charge in [-0.1, -0.05) is 5.16 Å². The second-order valence-corrected chi connectivity index (χ2v) is 6.21. The molecule has 0 unspecified atom stereocenters. The molecule has 9 heteroatoms. The minimum atomic E-state index is -0.204. The number of hydrogen-bond donors (Lipinski definition) is 0. The smallest absolute Gasteiger partial charge is 0.320 e. The molecule has 9 nitrogen and oxygen atoms in total. The summed E-state index contributed by atoms with van der Waals surface area (Å²) in [7, 11) is 0. The highest BCUT2D eigenvalue weighted by Gasteiger charge is 2.29. The predicted molar refractivity (Wildman–Crippen MR) is 89.5 cm³/mol. The minimum Gasteiger partial charge on any atom is -0.461 e. The molecule has 4 rings (SSSR count). The summed E-state index contributed by atoms with van der Waals surface area (Å²) in [6.07, 6.45) is 1.53. The van der Waals surface area contributed by atoms with Gasteiger partial charge < -0.3 is 28.4 Å². The van der Waals surface area contributed by atoms with E-state index in [4.69, 9.17) is 13.7 Å². The van der Waals surface area contributed by atoms with Crippen molar-refractivity contribution in [1.29, 1.82) is 0 Å². The molecule has 0 N–H and O–H groups in total. The number of morpholine rings is 1. The summed E-state index contributed by atoms with van der Waals surface area (Å²) < 4.78 is 15.7. The maximum absolute atomic E-state index is 12.6. The summed E-state index contributed by atoms with van der Waals surface area (Å²) in [5, 5.41) is 3.85. The molecule has 2 fully saturated rings. The summed E-state index contributed by atoms with van der Waals surface area (Å²) in [5.74, 6) is 0.738. The van der Waals surface area contributed by atoms with Crippen molar-refractivity contribution in [1.82, 2.24) is 19.9 Å². The number of amides is 3. The third-order valence-corrected chi connectivity index (χ3v) is 4.61. The maximum atomic E-state index is 12.6. The number of urea groups is 1. The highest BCUT2D eigenvalue weighted by Crippen LogP contribution is 2.21. The van der Waals surface area contributed by atoms with Crippen LogP contribution in [0.3, 0.4) is 0 Å². The Morgan fingerprint density at radius 3 is 2.31 bits per heavy atom. The normalized spacial score (nSPS) is 18.2. The Bertz CT molecular complexity index is 758. The SMILES string of the molecule is O=C(c1cc(-c2ccco2)on1)N1CCN(C(=O)N2CCOCC2)CC1. The zero-order valence-electron chi connectivity index (χ0n) is 14.3. The van der Waals surface area contributed by atoms with Crippen LogP contribution in [0.2, 0.25) is 0 Å². The number of ether oxygens (including phenoxy) is 1. The predicted octanol–water partition coefficient (Wildman–Crippen LogP) is 1.14. The van der Waals surface area contributed by atoms with Gasteiger partial charge in [0.1, 0.15) is 0 Å². The first-order valence-electron chi connectivity index (χ1n) is 8.64. The number of hydrogen-bond acceptors (Lipinski definition) is 6. The molecule has 0 spiro atoms. The van der Waals surface area contributed by atoms with Gasteiger partial charge in [-0.25, -0.2) is 4.79 Å². The van der Waals surface area contributed by atoms with Gasteiger partial charge in [0, 0.05) is 45.3 Å². The summed E-state index contributed by atoms with van der Waals surface area (Å²) >= 11 is 0. The number of carbonyl (C=O) groups excluding carboxylic acids is 2. The van der Waals surface area contributed by atoms with Crippen molar-refractivity contribution in [2.75, 3.05) is 52.5 Å². The fourth-order valence-electron chi connectivity index (χ4n) is 3.13. The molecule has 138 valence electrons. The van der Waals surface area contributed by atoms with Crippen LogP contribution in [-0.2, 0) is 4.74 Å². The van der Waals surface area contributed by atoms with Crippen molar-refractivity contribution in [3.05, 3.63) is 30.2 Å². The van der Waals surface area contributed by atoms with Gasteiger partial charge in [0.05, 0.1) is 19.5 Å². The molecule has 0 saturated carbocycles. The number of furan rings is 1. The molecular formula is C17H20N4O5. The highest BCUT2D eigenvalue weighted by atomic mass is 16.5. The zero-order valence-corrected chi connectivity index (χ0v) is 14.3. The van der Waals surface area contributed by atoms with Crippen molar-refractivity contribution >= 4 is 11.9 Å². The van der Waals surface area contributed by atoms with E-state index in [0.717, 1.165) is 0 Å². The molecule has 4 heterocycles. The van der Waals surface area contributed by atoms with Gasteiger partial charge in [-0.15, -0.1) is 0 Å². The number of nitrogens with zero attached hydrogens (tertiary/aromatic N) is 4. The van der Waals surface area contributed by atoms with Crippen LogP contribution in [0, 0.1) is 0 Å². The van der Waals surface area contributed by atoms with Crippen molar-refractivity contribution in [2.45, 2.75) is 0 Å². The lowest BCUT2D eigenvalue weighted by molar-refractivity contribution is 0.0361. The van der Waals surface area contributed by atoms with Crippen LogP contribution < -0.4 is 0 Å². The lowest BCUT2D eigenvalue weighted by Crippen LogP contribution is -2.55. The van der Waals surface area contributed by atoms with Crippen LogP contribution in [0.5, 0.6) is 0 Å². The number of rotatable bonds is 2. The van der Waals surface area contributed by atoms with E-state index in [1.807, 2.05) is 0 Å². The Hall–Kier alpha value is -2.81. The van der Waals surface area contributed by atoms with E-state index in [0.29, 0.717) is 64.0 Å². The lowest BCUT2D eigenvalue weighted by Gasteiger charge is -2.38. The average molecular weight is 360 g/mol. The van der Waals surface area contributed by atoms with E-state index in [1.165, 1.54) is 6.26 Å². The Morgan fingerprint density at radius 2 is 1.62 bits per heavy atom. The summed E-state index contributed by atoms with van der Waals surface area (Å²) in [6, 6.07) is 5.07. The number of piperazine rings is 1. The Labute approximate surface area is 150 Å². The molecule has 2 aliphatic rings. The van der Waals surface area contributed by atoms with Crippen molar-refractivity contribution in [2.24, 2.45) is 0 Å². The van der Waals surface area contributed by atoms with Crippen molar-refractivity contribution in [3.8, 4) is 11.5 Å². The number of carbonyl (C=O) groups is 2. The highest BCUT2D eigenvalue weighted by molar-refractivity contribution is 5.93. The van der Waals surface area contributed by atoms with E-state index in [9.17, 15) is 9.59 Å². The first-order chi connectivity index (χ1) is 12.7. The molecule has 2 aliphatic heterocycles. The molecule has 0 bridgehead atoms. The molecule has 0 aliphatic carbocycles. The average Bonchev–Trinajstić information content (AvgIpc) is 3.39. The van der Waals surface area contributed by atoms with Gasteiger partial charge in [-0.3, -0.25) is 4.79 Å². The van der Waals surface area contributed by atoms with Crippen LogP contribution in [0.25, 0.3) is 11.5 Å². The molecule has 2 aromatic rings. The Morgan fingerprint density at radius 1 is 0.923 bits per heavy atom. The first-order valence-corrected chi connectivity index (χ1v) is 8.64. The zero-order chi connectivity index (χ0) is 17.9. The van der Waals surface area contributed by atoms with E-state index >= 15 is 0 Å². The molecule has 3 amide bonds. The van der Waals surface area contributed by atoms with Crippen LogP contribution in [0.15, 0.2) is 33.4 Å². The van der Waals surface area contributed by atoms with Gasteiger partial charge in [-0.05, 0) is 12.1 Å². The Kier molecular flexibility index (Phi) is 4.61. The minimum absolute atomic E-state index is 0.0157. The van der Waals surface area contributed by atoms with Crippen LogP contribution in [0.4, 0.5) is 4.79 Å². The monoisotopic (exact) mass is 360 g/mol. The van der Waals surface area contributed by atoms with E-state index in [1.54, 1.807) is 32.9 Å². The van der Waals surface area contributed by atoms with Crippen molar-refractivity contribution in [3.63, 3.8) is 0 Å². The van der Waals surface area contributed by atoms with Gasteiger partial charge in [0.25, 0.3) is 5.91 Å². The third-order valence-electron chi connectivity index (χ3n) is 4.61. The molecular weight excluding hydrogens is 340 g/mol. The fourth-order valence-corrected chi connectivity index (χ4v) is 3.13. The van der Waals surface area contributed by atoms with Crippen molar-refractivity contribution < 1.29 is 23.3 Å².